The lowest BCUT2D eigenvalue weighted by Gasteiger charge is -2.21. The number of non-ortho nitro benzene ring substituents is 1. The highest BCUT2D eigenvalue weighted by Crippen LogP contribution is 2.14. The minimum atomic E-state index is -1.82. The van der Waals surface area contributed by atoms with Crippen molar-refractivity contribution in [3.63, 3.8) is 0 Å². The van der Waals surface area contributed by atoms with Gasteiger partial charge in [0.25, 0.3) is 5.69 Å². The average molecular weight is 411 g/mol. The van der Waals surface area contributed by atoms with Gasteiger partial charge in [-0.3, -0.25) is 10.1 Å². The van der Waals surface area contributed by atoms with Gasteiger partial charge in [-0.1, -0.05) is 45.2 Å². The van der Waals surface area contributed by atoms with Crippen molar-refractivity contribution in [2.75, 3.05) is 19.6 Å². The van der Waals surface area contributed by atoms with Crippen LogP contribution in [0.2, 0.25) is 0 Å². The van der Waals surface area contributed by atoms with E-state index in [-0.39, 0.29) is 10.6 Å². The lowest BCUT2D eigenvalue weighted by atomic mass is 10.1. The summed E-state index contributed by atoms with van der Waals surface area (Å²) in [7, 11) is 0. The zero-order valence-electron chi connectivity index (χ0n) is 17.5. The Morgan fingerprint density at radius 1 is 0.862 bits per heavy atom. The molecule has 0 aromatic heterocycles. The maximum atomic E-state index is 10.6. The molecular weight excluding hydrogens is 376 g/mol. The summed E-state index contributed by atoms with van der Waals surface area (Å²) in [5.74, 6) is -3.65. The first-order valence-electron chi connectivity index (χ1n) is 10.2. The highest BCUT2D eigenvalue weighted by molar-refractivity contribution is 6.27. The van der Waals surface area contributed by atoms with Crippen molar-refractivity contribution in [3.05, 3.63) is 39.9 Å². The molecular formula is C21H34N2O6. The first kappa shape index (κ1) is 26.5. The van der Waals surface area contributed by atoms with Gasteiger partial charge in [0.1, 0.15) is 0 Å². The lowest BCUT2D eigenvalue weighted by Crippen LogP contribution is -2.27. The Morgan fingerprint density at radius 3 is 1.86 bits per heavy atom. The second-order valence-corrected chi connectivity index (χ2v) is 6.89. The largest absolute Gasteiger partial charge is 0.473 e. The fourth-order valence-corrected chi connectivity index (χ4v) is 2.86. The van der Waals surface area contributed by atoms with Gasteiger partial charge in [-0.2, -0.15) is 0 Å². The Labute approximate surface area is 172 Å². The SMILES string of the molecule is CCCCCCN(CCC)CCCCc1ccc([N+](=O)[O-])cc1.O=C(O)C(=O)O. The molecule has 8 heteroatoms. The summed E-state index contributed by atoms with van der Waals surface area (Å²) in [5, 5.41) is 25.4. The number of carboxylic acids is 2. The molecule has 0 unspecified atom stereocenters. The minimum absolute atomic E-state index is 0.176. The van der Waals surface area contributed by atoms with Crippen molar-refractivity contribution < 1.29 is 24.7 Å². The summed E-state index contributed by atoms with van der Waals surface area (Å²) in [6, 6.07) is 6.97. The molecule has 1 rings (SSSR count). The molecule has 1 aromatic carbocycles. The molecule has 0 spiro atoms. The van der Waals surface area contributed by atoms with E-state index < -0.39 is 11.9 Å². The Morgan fingerprint density at radius 2 is 1.41 bits per heavy atom. The number of hydrogen-bond acceptors (Lipinski definition) is 5. The van der Waals surface area contributed by atoms with Gasteiger partial charge >= 0.3 is 11.9 Å². The molecule has 164 valence electrons. The van der Waals surface area contributed by atoms with E-state index in [9.17, 15) is 10.1 Å². The molecule has 0 amide bonds. The number of benzene rings is 1. The van der Waals surface area contributed by atoms with E-state index in [4.69, 9.17) is 19.8 Å². The number of rotatable bonds is 13. The molecule has 1 aromatic rings. The number of hydrogen-bond donors (Lipinski definition) is 2. The zero-order valence-corrected chi connectivity index (χ0v) is 17.5. The van der Waals surface area contributed by atoms with Crippen molar-refractivity contribution in [2.45, 2.75) is 65.2 Å². The molecule has 0 bridgehead atoms. The topological polar surface area (TPSA) is 121 Å². The molecule has 8 nitrogen and oxygen atoms in total. The first-order chi connectivity index (χ1) is 13.8. The van der Waals surface area contributed by atoms with Crippen molar-refractivity contribution in [1.29, 1.82) is 0 Å². The van der Waals surface area contributed by atoms with Crippen molar-refractivity contribution in [1.82, 2.24) is 4.90 Å². The van der Waals surface area contributed by atoms with Crippen LogP contribution in [-0.2, 0) is 16.0 Å². The minimum Gasteiger partial charge on any atom is -0.473 e. The number of carbonyl (C=O) groups is 2. The molecule has 29 heavy (non-hydrogen) atoms. The van der Waals surface area contributed by atoms with E-state index in [2.05, 4.69) is 18.7 Å². The smallest absolute Gasteiger partial charge is 0.414 e. The van der Waals surface area contributed by atoms with Gasteiger partial charge < -0.3 is 15.1 Å². The van der Waals surface area contributed by atoms with Crippen LogP contribution < -0.4 is 0 Å². The third-order valence-electron chi connectivity index (χ3n) is 4.39. The standard InChI is InChI=1S/C19H32N2O2.C2H2O4/c1-3-5-6-8-16-20(15-4-2)17-9-7-10-18-11-13-19(14-12-18)21(22)23;3-1(4)2(5)6/h11-14H,3-10,15-17H2,1-2H3;(H,3,4)(H,5,6). The normalized spacial score (nSPS) is 10.3. The molecule has 0 aliphatic heterocycles. The third kappa shape index (κ3) is 14.2. The highest BCUT2D eigenvalue weighted by atomic mass is 16.6. The van der Waals surface area contributed by atoms with E-state index in [1.165, 1.54) is 63.7 Å². The van der Waals surface area contributed by atoms with Crippen LogP contribution in [0, 0.1) is 10.1 Å². The van der Waals surface area contributed by atoms with E-state index in [1.807, 2.05) is 12.1 Å². The highest BCUT2D eigenvalue weighted by Gasteiger charge is 2.06. The van der Waals surface area contributed by atoms with Crippen molar-refractivity contribution in [3.8, 4) is 0 Å². The monoisotopic (exact) mass is 410 g/mol. The zero-order chi connectivity index (χ0) is 22.1. The van der Waals surface area contributed by atoms with Crippen LogP contribution in [0.3, 0.4) is 0 Å². The molecule has 0 aliphatic rings. The maximum absolute atomic E-state index is 10.6. The summed E-state index contributed by atoms with van der Waals surface area (Å²) < 4.78 is 0. The van der Waals surface area contributed by atoms with E-state index >= 15 is 0 Å². The molecule has 0 heterocycles. The number of nitro benzene ring substituents is 1. The number of aliphatic carboxylic acids is 2. The van der Waals surface area contributed by atoms with Crippen LogP contribution in [0.1, 0.15) is 64.4 Å². The van der Waals surface area contributed by atoms with Crippen molar-refractivity contribution in [2.24, 2.45) is 0 Å². The summed E-state index contributed by atoms with van der Waals surface area (Å²) >= 11 is 0. The van der Waals surface area contributed by atoms with Gasteiger partial charge in [0.05, 0.1) is 4.92 Å². The van der Waals surface area contributed by atoms with E-state index in [0.717, 1.165) is 12.8 Å². The second kappa shape index (κ2) is 16.5. The quantitative estimate of drug-likeness (QED) is 0.214. The molecule has 0 saturated heterocycles. The Balaban J connectivity index is 0.00000113. The predicted octanol–water partition coefficient (Wildman–Crippen LogP) is 4.37. The van der Waals surface area contributed by atoms with Gasteiger partial charge in [0.2, 0.25) is 0 Å². The van der Waals surface area contributed by atoms with Gasteiger partial charge in [-0.15, -0.1) is 0 Å². The fourth-order valence-electron chi connectivity index (χ4n) is 2.86. The van der Waals surface area contributed by atoms with Crippen LogP contribution in [0.5, 0.6) is 0 Å². The summed E-state index contributed by atoms with van der Waals surface area (Å²) in [5.41, 5.74) is 1.37. The van der Waals surface area contributed by atoms with Gasteiger partial charge in [-0.25, -0.2) is 9.59 Å². The summed E-state index contributed by atoms with van der Waals surface area (Å²) in [6.07, 6.45) is 9.88. The van der Waals surface area contributed by atoms with Crippen LogP contribution >= 0.6 is 0 Å². The number of unbranched alkanes of at least 4 members (excludes halogenated alkanes) is 4. The molecule has 0 saturated carbocycles. The average Bonchev–Trinajstić information content (AvgIpc) is 2.69. The van der Waals surface area contributed by atoms with Gasteiger partial charge in [-0.05, 0) is 57.3 Å². The summed E-state index contributed by atoms with van der Waals surface area (Å²) in [6.45, 7) is 8.10. The Kier molecular flexibility index (Phi) is 15.1. The fraction of sp³-hybridized carbons (Fsp3) is 0.619. The predicted molar refractivity (Wildman–Crippen MR) is 112 cm³/mol. The van der Waals surface area contributed by atoms with Crippen molar-refractivity contribution >= 4 is 17.6 Å². The van der Waals surface area contributed by atoms with E-state index in [0.29, 0.717) is 0 Å². The third-order valence-corrected chi connectivity index (χ3v) is 4.39. The number of aryl methyl sites for hydroxylation is 1. The van der Waals surface area contributed by atoms with Crippen LogP contribution in [0.15, 0.2) is 24.3 Å². The van der Waals surface area contributed by atoms with Crippen LogP contribution in [0.25, 0.3) is 0 Å². The number of carboxylic acid groups (broad SMARTS) is 2. The van der Waals surface area contributed by atoms with Gasteiger partial charge in [0.15, 0.2) is 0 Å². The van der Waals surface area contributed by atoms with Crippen LogP contribution in [-0.4, -0.2) is 51.6 Å². The van der Waals surface area contributed by atoms with Gasteiger partial charge in [0, 0.05) is 12.1 Å². The maximum Gasteiger partial charge on any atom is 0.414 e. The molecule has 2 N–H and O–H groups in total. The number of nitro groups is 1. The Hall–Kier alpha value is -2.48. The number of nitrogens with zero attached hydrogens (tertiary/aromatic N) is 2. The van der Waals surface area contributed by atoms with E-state index in [1.54, 1.807) is 12.1 Å². The molecule has 0 atom stereocenters. The first-order valence-corrected chi connectivity index (χ1v) is 10.2. The molecule has 0 radical (unpaired) electrons. The Bertz CT molecular complexity index is 592. The molecule has 0 aliphatic carbocycles. The summed E-state index contributed by atoms with van der Waals surface area (Å²) in [4.78, 5) is 31.1. The van der Waals surface area contributed by atoms with Crippen LogP contribution in [0.4, 0.5) is 5.69 Å². The molecule has 0 fully saturated rings. The second-order valence-electron chi connectivity index (χ2n) is 6.89. The lowest BCUT2D eigenvalue weighted by molar-refractivity contribution is -0.384.